The van der Waals surface area contributed by atoms with Crippen LogP contribution in [0.2, 0.25) is 5.02 Å². The van der Waals surface area contributed by atoms with Gasteiger partial charge in [0, 0.05) is 23.2 Å². The Kier molecular flexibility index (Phi) is 5.67. The summed E-state index contributed by atoms with van der Waals surface area (Å²) in [6.45, 7) is 3.40. The summed E-state index contributed by atoms with van der Waals surface area (Å²) < 4.78 is 5.66. The lowest BCUT2D eigenvalue weighted by atomic mass is 10.2. The van der Waals surface area contributed by atoms with Gasteiger partial charge in [-0.15, -0.1) is 0 Å². The molecule has 0 radical (unpaired) electrons. The molecule has 0 aliphatic carbocycles. The first-order valence-corrected chi connectivity index (χ1v) is 7.38. The van der Waals surface area contributed by atoms with Crippen molar-refractivity contribution in [3.05, 3.63) is 59.1 Å². The smallest absolute Gasteiger partial charge is 0.335 e. The van der Waals surface area contributed by atoms with Gasteiger partial charge in [0.25, 0.3) is 0 Å². The third-order valence-electron chi connectivity index (χ3n) is 3.13. The van der Waals surface area contributed by atoms with Crippen molar-refractivity contribution in [2.45, 2.75) is 6.92 Å². The van der Waals surface area contributed by atoms with Crippen LogP contribution in [0.4, 0.5) is 5.69 Å². The highest BCUT2D eigenvalue weighted by atomic mass is 35.5. The molecule has 4 nitrogen and oxygen atoms in total. The number of halogens is 1. The zero-order valence-electron chi connectivity index (χ0n) is 12.3. The Balaban J connectivity index is 1.76. The molecular formula is C17H18ClNO3. The SMILES string of the molecule is CC(CNc1ccc(Cl)cc1)COc1ccc(C(=O)O)cc1. The van der Waals surface area contributed by atoms with Crippen LogP contribution in [0, 0.1) is 5.92 Å². The molecule has 2 aromatic rings. The summed E-state index contributed by atoms with van der Waals surface area (Å²) in [5.41, 5.74) is 1.27. The molecule has 22 heavy (non-hydrogen) atoms. The van der Waals surface area contributed by atoms with Gasteiger partial charge < -0.3 is 15.2 Å². The lowest BCUT2D eigenvalue weighted by Gasteiger charge is -2.15. The van der Waals surface area contributed by atoms with Crippen molar-refractivity contribution in [2.24, 2.45) is 5.92 Å². The second-order valence-corrected chi connectivity index (χ2v) is 5.57. The minimum Gasteiger partial charge on any atom is -0.493 e. The predicted molar refractivity (Wildman–Crippen MR) is 88.0 cm³/mol. The molecule has 0 saturated carbocycles. The summed E-state index contributed by atoms with van der Waals surface area (Å²) in [5, 5.41) is 12.9. The Bertz CT molecular complexity index is 611. The lowest BCUT2D eigenvalue weighted by Crippen LogP contribution is -2.18. The number of ether oxygens (including phenoxy) is 1. The molecule has 0 saturated heterocycles. The van der Waals surface area contributed by atoms with E-state index in [4.69, 9.17) is 21.4 Å². The summed E-state index contributed by atoms with van der Waals surface area (Å²) >= 11 is 5.84. The van der Waals surface area contributed by atoms with Crippen LogP contribution >= 0.6 is 11.6 Å². The summed E-state index contributed by atoms with van der Waals surface area (Å²) in [4.78, 5) is 10.8. The predicted octanol–water partition coefficient (Wildman–Crippen LogP) is 4.17. The van der Waals surface area contributed by atoms with Crippen LogP contribution in [0.1, 0.15) is 17.3 Å². The maximum atomic E-state index is 10.8. The fourth-order valence-corrected chi connectivity index (χ4v) is 1.98. The van der Waals surface area contributed by atoms with E-state index < -0.39 is 5.97 Å². The van der Waals surface area contributed by atoms with Crippen LogP contribution in [0.5, 0.6) is 5.75 Å². The molecule has 0 aromatic heterocycles. The highest BCUT2D eigenvalue weighted by molar-refractivity contribution is 6.30. The monoisotopic (exact) mass is 319 g/mol. The van der Waals surface area contributed by atoms with Gasteiger partial charge in [-0.25, -0.2) is 4.79 Å². The van der Waals surface area contributed by atoms with Gasteiger partial charge in [0.1, 0.15) is 5.75 Å². The van der Waals surface area contributed by atoms with Crippen molar-refractivity contribution in [3.8, 4) is 5.75 Å². The van der Waals surface area contributed by atoms with E-state index in [0.717, 1.165) is 12.2 Å². The number of hydrogen-bond donors (Lipinski definition) is 2. The lowest BCUT2D eigenvalue weighted by molar-refractivity contribution is 0.0697. The van der Waals surface area contributed by atoms with Gasteiger partial charge in [-0.2, -0.15) is 0 Å². The number of carboxylic acids is 1. The van der Waals surface area contributed by atoms with E-state index >= 15 is 0 Å². The topological polar surface area (TPSA) is 58.6 Å². The first-order valence-electron chi connectivity index (χ1n) is 7.00. The van der Waals surface area contributed by atoms with Gasteiger partial charge in [0.05, 0.1) is 12.2 Å². The Hall–Kier alpha value is -2.20. The highest BCUT2D eigenvalue weighted by Gasteiger charge is 2.05. The van der Waals surface area contributed by atoms with Crippen molar-refractivity contribution in [3.63, 3.8) is 0 Å². The Labute approximate surface area is 134 Å². The van der Waals surface area contributed by atoms with Crippen LogP contribution < -0.4 is 10.1 Å². The van der Waals surface area contributed by atoms with Crippen molar-refractivity contribution >= 4 is 23.3 Å². The molecule has 0 amide bonds. The van der Waals surface area contributed by atoms with Crippen LogP contribution in [-0.2, 0) is 0 Å². The molecule has 0 aliphatic heterocycles. The molecular weight excluding hydrogens is 302 g/mol. The molecule has 5 heteroatoms. The molecule has 116 valence electrons. The number of nitrogens with one attached hydrogen (secondary N) is 1. The average molecular weight is 320 g/mol. The van der Waals surface area contributed by atoms with E-state index in [9.17, 15) is 4.79 Å². The third kappa shape index (κ3) is 4.97. The standard InChI is InChI=1S/C17H18ClNO3/c1-12(10-19-15-6-4-14(18)5-7-15)11-22-16-8-2-13(3-9-16)17(20)21/h2-9,12,19H,10-11H2,1H3,(H,20,21). The van der Waals surface area contributed by atoms with E-state index in [1.54, 1.807) is 12.1 Å². The second kappa shape index (κ2) is 7.71. The summed E-state index contributed by atoms with van der Waals surface area (Å²) in [7, 11) is 0. The van der Waals surface area contributed by atoms with Crippen molar-refractivity contribution in [2.75, 3.05) is 18.5 Å². The number of carbonyl (C=O) groups is 1. The van der Waals surface area contributed by atoms with Gasteiger partial charge in [-0.05, 0) is 48.5 Å². The van der Waals surface area contributed by atoms with Crippen molar-refractivity contribution in [1.82, 2.24) is 0 Å². The van der Waals surface area contributed by atoms with E-state index in [1.807, 2.05) is 24.3 Å². The molecule has 0 aliphatic rings. The van der Waals surface area contributed by atoms with Gasteiger partial charge in [0.15, 0.2) is 0 Å². The molecule has 0 heterocycles. The normalized spacial score (nSPS) is 11.7. The zero-order valence-corrected chi connectivity index (χ0v) is 13.0. The number of hydrogen-bond acceptors (Lipinski definition) is 3. The summed E-state index contributed by atoms with van der Waals surface area (Å²) in [6, 6.07) is 14.0. The van der Waals surface area contributed by atoms with Gasteiger partial charge in [-0.1, -0.05) is 18.5 Å². The van der Waals surface area contributed by atoms with Crippen molar-refractivity contribution < 1.29 is 14.6 Å². The fourth-order valence-electron chi connectivity index (χ4n) is 1.85. The number of benzene rings is 2. The molecule has 1 atom stereocenters. The van der Waals surface area contributed by atoms with E-state index in [2.05, 4.69) is 12.2 Å². The first kappa shape index (κ1) is 16.2. The maximum Gasteiger partial charge on any atom is 0.335 e. The Morgan fingerprint density at radius 1 is 1.18 bits per heavy atom. The highest BCUT2D eigenvalue weighted by Crippen LogP contribution is 2.15. The van der Waals surface area contributed by atoms with Crippen LogP contribution in [0.15, 0.2) is 48.5 Å². The minimum atomic E-state index is -0.938. The molecule has 1 unspecified atom stereocenters. The largest absolute Gasteiger partial charge is 0.493 e. The third-order valence-corrected chi connectivity index (χ3v) is 3.39. The van der Waals surface area contributed by atoms with Crippen LogP contribution in [0.3, 0.4) is 0 Å². The molecule has 2 rings (SSSR count). The van der Waals surface area contributed by atoms with Crippen molar-refractivity contribution in [1.29, 1.82) is 0 Å². The fraction of sp³-hybridized carbons (Fsp3) is 0.235. The molecule has 0 bridgehead atoms. The number of rotatable bonds is 7. The second-order valence-electron chi connectivity index (χ2n) is 5.13. The number of carboxylic acid groups (broad SMARTS) is 1. The zero-order chi connectivity index (χ0) is 15.9. The maximum absolute atomic E-state index is 10.8. The first-order chi connectivity index (χ1) is 10.5. The molecule has 0 spiro atoms. The summed E-state index contributed by atoms with van der Waals surface area (Å²) in [6.07, 6.45) is 0. The molecule has 0 fully saturated rings. The molecule has 2 aromatic carbocycles. The van der Waals surface area contributed by atoms with Gasteiger partial charge >= 0.3 is 5.97 Å². The number of anilines is 1. The van der Waals surface area contributed by atoms with Gasteiger partial charge in [-0.3, -0.25) is 0 Å². The van der Waals surface area contributed by atoms with E-state index in [1.165, 1.54) is 12.1 Å². The average Bonchev–Trinajstić information content (AvgIpc) is 2.52. The van der Waals surface area contributed by atoms with E-state index in [-0.39, 0.29) is 5.56 Å². The van der Waals surface area contributed by atoms with Crippen LogP contribution in [0.25, 0.3) is 0 Å². The quantitative estimate of drug-likeness (QED) is 0.804. The Morgan fingerprint density at radius 3 is 2.41 bits per heavy atom. The molecule has 2 N–H and O–H groups in total. The van der Waals surface area contributed by atoms with Gasteiger partial charge in [0.2, 0.25) is 0 Å². The Morgan fingerprint density at radius 2 is 1.82 bits per heavy atom. The minimum absolute atomic E-state index is 0.254. The summed E-state index contributed by atoms with van der Waals surface area (Å²) in [5.74, 6) is 0.0326. The van der Waals surface area contributed by atoms with E-state index in [0.29, 0.717) is 23.3 Å². The van der Waals surface area contributed by atoms with Crippen LogP contribution in [-0.4, -0.2) is 24.2 Å². The number of aromatic carboxylic acids is 1.